The maximum atomic E-state index is 9.51. The van der Waals surface area contributed by atoms with Crippen LogP contribution >= 0.6 is 0 Å². The van der Waals surface area contributed by atoms with Gasteiger partial charge in [0.2, 0.25) is 0 Å². The van der Waals surface area contributed by atoms with Crippen molar-refractivity contribution in [2.75, 3.05) is 4.90 Å². The average molecular weight is 562 g/mol. The van der Waals surface area contributed by atoms with Crippen molar-refractivity contribution in [2.24, 2.45) is 0 Å². The molecule has 0 amide bonds. The molecule has 0 atom stereocenters. The summed E-state index contributed by atoms with van der Waals surface area (Å²) < 4.78 is 6.32. The molecule has 0 fully saturated rings. The summed E-state index contributed by atoms with van der Waals surface area (Å²) in [6.45, 7) is 0. The van der Waals surface area contributed by atoms with Crippen LogP contribution in [0.3, 0.4) is 0 Å². The second kappa shape index (κ2) is 10.2. The summed E-state index contributed by atoms with van der Waals surface area (Å²) in [5.41, 5.74) is 8.03. The molecular weight excluding hydrogens is 538 g/mol. The van der Waals surface area contributed by atoms with E-state index in [0.29, 0.717) is 11.1 Å². The number of benzene rings is 7. The Morgan fingerprint density at radius 1 is 0.477 bits per heavy atom. The van der Waals surface area contributed by atoms with Gasteiger partial charge < -0.3 is 9.32 Å². The van der Waals surface area contributed by atoms with E-state index in [9.17, 15) is 10.5 Å². The number of fused-ring (bicyclic) bond motifs is 5. The van der Waals surface area contributed by atoms with Gasteiger partial charge in [-0.25, -0.2) is 0 Å². The van der Waals surface area contributed by atoms with Crippen molar-refractivity contribution in [3.05, 3.63) is 151 Å². The highest BCUT2D eigenvalue weighted by atomic mass is 16.3. The quantitative estimate of drug-likeness (QED) is 0.214. The lowest BCUT2D eigenvalue weighted by Crippen LogP contribution is -2.10. The van der Waals surface area contributed by atoms with Crippen molar-refractivity contribution in [1.29, 1.82) is 10.5 Å². The van der Waals surface area contributed by atoms with E-state index in [1.165, 1.54) is 0 Å². The van der Waals surface area contributed by atoms with Crippen LogP contribution in [0.5, 0.6) is 0 Å². The van der Waals surface area contributed by atoms with Gasteiger partial charge in [0.25, 0.3) is 0 Å². The highest BCUT2D eigenvalue weighted by molar-refractivity contribution is 6.09. The number of furan rings is 1. The number of rotatable bonds is 4. The maximum absolute atomic E-state index is 9.51. The second-order valence-electron chi connectivity index (χ2n) is 10.9. The topological polar surface area (TPSA) is 64.0 Å². The lowest BCUT2D eigenvalue weighted by atomic mass is 10.0. The smallest absolute Gasteiger partial charge is 0.143 e. The van der Waals surface area contributed by atoms with Crippen molar-refractivity contribution < 1.29 is 4.42 Å². The molecule has 0 unspecified atom stereocenters. The molecule has 0 radical (unpaired) electrons. The molecule has 4 nitrogen and oxygen atoms in total. The van der Waals surface area contributed by atoms with Gasteiger partial charge in [-0.1, -0.05) is 72.8 Å². The summed E-state index contributed by atoms with van der Waals surface area (Å²) in [7, 11) is 0. The van der Waals surface area contributed by atoms with Crippen LogP contribution < -0.4 is 4.90 Å². The van der Waals surface area contributed by atoms with Crippen LogP contribution in [0.2, 0.25) is 0 Å². The van der Waals surface area contributed by atoms with E-state index in [-0.39, 0.29) is 0 Å². The molecule has 0 bridgehead atoms. The Kier molecular flexibility index (Phi) is 5.86. The molecule has 0 aliphatic heterocycles. The second-order valence-corrected chi connectivity index (χ2v) is 10.9. The lowest BCUT2D eigenvalue weighted by molar-refractivity contribution is 0.670. The molecule has 1 heterocycles. The minimum atomic E-state index is 0.625. The molecule has 1 aromatic heterocycles. The van der Waals surface area contributed by atoms with Crippen molar-refractivity contribution in [3.8, 4) is 23.3 Å². The predicted molar refractivity (Wildman–Crippen MR) is 178 cm³/mol. The molecule has 8 aromatic rings. The predicted octanol–water partition coefficient (Wildman–Crippen LogP) is 10.8. The van der Waals surface area contributed by atoms with E-state index in [2.05, 4.69) is 102 Å². The fraction of sp³-hybridized carbons (Fsp3) is 0. The molecule has 0 aliphatic carbocycles. The number of para-hydroxylation sites is 2. The lowest BCUT2D eigenvalue weighted by Gasteiger charge is -2.26. The summed E-state index contributed by atoms with van der Waals surface area (Å²) >= 11 is 0. The van der Waals surface area contributed by atoms with E-state index in [1.807, 2.05) is 54.6 Å². The molecule has 7 aromatic carbocycles. The van der Waals surface area contributed by atoms with Gasteiger partial charge in [0.1, 0.15) is 11.2 Å². The van der Waals surface area contributed by atoms with Crippen molar-refractivity contribution >= 4 is 60.5 Å². The van der Waals surface area contributed by atoms with E-state index in [1.54, 1.807) is 0 Å². The Hall–Kier alpha value is -6.36. The third-order valence-electron chi connectivity index (χ3n) is 8.26. The molecule has 0 saturated heterocycles. The van der Waals surface area contributed by atoms with Crippen molar-refractivity contribution in [2.45, 2.75) is 0 Å². The summed E-state index contributed by atoms with van der Waals surface area (Å²) in [5, 5.41) is 25.4. The Morgan fingerprint density at radius 2 is 1.05 bits per heavy atom. The monoisotopic (exact) mass is 561 g/mol. The van der Waals surface area contributed by atoms with E-state index in [4.69, 9.17) is 4.42 Å². The molecule has 4 heteroatoms. The van der Waals surface area contributed by atoms with Gasteiger partial charge in [0.05, 0.1) is 23.3 Å². The van der Waals surface area contributed by atoms with Crippen LogP contribution in [0.15, 0.2) is 144 Å². The van der Waals surface area contributed by atoms with Crippen LogP contribution in [0, 0.1) is 22.7 Å². The van der Waals surface area contributed by atoms with Crippen molar-refractivity contribution in [1.82, 2.24) is 0 Å². The first-order valence-electron chi connectivity index (χ1n) is 14.4. The minimum Gasteiger partial charge on any atom is -0.455 e. The molecule has 0 saturated carbocycles. The summed E-state index contributed by atoms with van der Waals surface area (Å²) in [5.74, 6) is 0. The number of hydrogen-bond donors (Lipinski definition) is 0. The number of nitriles is 2. The SMILES string of the molecule is N#Cc1ccc2ccc(N(c3ccc(-c4cccc5c4oc4ccccc45)cc3)c3ccc4ccc(C#N)cc4c3)cc2c1. The standard InChI is InChI=1S/C40H23N3O/c41-24-26-8-10-28-12-18-34(22-31(28)20-26)43(35-19-13-29-11-9-27(25-42)21-32(29)23-35)33-16-14-30(15-17-33)36-5-3-6-38-37-4-1-2-7-39(37)44-40(36)38/h1-23H. The molecule has 0 aliphatic rings. The zero-order chi connectivity index (χ0) is 29.6. The first kappa shape index (κ1) is 25.4. The Balaban J connectivity index is 1.28. The zero-order valence-corrected chi connectivity index (χ0v) is 23.5. The van der Waals surface area contributed by atoms with Crippen LogP contribution in [-0.2, 0) is 0 Å². The van der Waals surface area contributed by atoms with Crippen LogP contribution in [0.25, 0.3) is 54.6 Å². The minimum absolute atomic E-state index is 0.625. The fourth-order valence-corrected chi connectivity index (χ4v) is 6.10. The van der Waals surface area contributed by atoms with E-state index >= 15 is 0 Å². The largest absolute Gasteiger partial charge is 0.455 e. The fourth-order valence-electron chi connectivity index (χ4n) is 6.10. The maximum Gasteiger partial charge on any atom is 0.143 e. The molecule has 0 spiro atoms. The molecule has 204 valence electrons. The summed E-state index contributed by atoms with van der Waals surface area (Å²) in [6, 6.07) is 51.6. The highest BCUT2D eigenvalue weighted by Gasteiger charge is 2.16. The zero-order valence-electron chi connectivity index (χ0n) is 23.5. The van der Waals surface area contributed by atoms with Crippen LogP contribution in [0.4, 0.5) is 17.1 Å². The van der Waals surface area contributed by atoms with Gasteiger partial charge in [-0.15, -0.1) is 0 Å². The molecular formula is C40H23N3O. The molecule has 44 heavy (non-hydrogen) atoms. The number of hydrogen-bond acceptors (Lipinski definition) is 4. The van der Waals surface area contributed by atoms with Gasteiger partial charge in [-0.05, 0) is 93.8 Å². The average Bonchev–Trinajstić information content (AvgIpc) is 3.47. The first-order chi connectivity index (χ1) is 21.7. The number of anilines is 3. The van der Waals surface area contributed by atoms with Gasteiger partial charge in [-0.2, -0.15) is 10.5 Å². The molecule has 8 rings (SSSR count). The van der Waals surface area contributed by atoms with Crippen molar-refractivity contribution in [3.63, 3.8) is 0 Å². The molecule has 0 N–H and O–H groups in total. The summed E-state index contributed by atoms with van der Waals surface area (Å²) in [4.78, 5) is 2.21. The van der Waals surface area contributed by atoms with Gasteiger partial charge in [0.15, 0.2) is 0 Å². The van der Waals surface area contributed by atoms with Gasteiger partial charge in [-0.3, -0.25) is 0 Å². The van der Waals surface area contributed by atoms with Crippen LogP contribution in [0.1, 0.15) is 11.1 Å². The normalized spacial score (nSPS) is 11.1. The van der Waals surface area contributed by atoms with Crippen LogP contribution in [-0.4, -0.2) is 0 Å². The van der Waals surface area contributed by atoms with Gasteiger partial charge >= 0.3 is 0 Å². The number of nitrogens with zero attached hydrogens (tertiary/aromatic N) is 3. The third-order valence-corrected chi connectivity index (χ3v) is 8.26. The van der Waals surface area contributed by atoms with E-state index in [0.717, 1.165) is 71.7 Å². The third kappa shape index (κ3) is 4.22. The first-order valence-corrected chi connectivity index (χ1v) is 14.4. The Labute approximate surface area is 253 Å². The van der Waals surface area contributed by atoms with Gasteiger partial charge in [0, 0.05) is 33.4 Å². The Bertz CT molecular complexity index is 2380. The summed E-state index contributed by atoms with van der Waals surface area (Å²) in [6.07, 6.45) is 0. The Morgan fingerprint density at radius 3 is 1.68 bits per heavy atom. The van der Waals surface area contributed by atoms with E-state index < -0.39 is 0 Å². The highest BCUT2D eigenvalue weighted by Crippen LogP contribution is 2.40.